The summed E-state index contributed by atoms with van der Waals surface area (Å²) in [7, 11) is -8.35. The first-order valence-corrected chi connectivity index (χ1v) is 11.0. The summed E-state index contributed by atoms with van der Waals surface area (Å²) in [5.74, 6) is -2.38. The van der Waals surface area contributed by atoms with Crippen molar-refractivity contribution in [2.75, 3.05) is 0 Å². The molecule has 0 saturated heterocycles. The van der Waals surface area contributed by atoms with Crippen LogP contribution < -0.4 is 11.5 Å². The van der Waals surface area contributed by atoms with Crippen LogP contribution in [0.4, 0.5) is 0 Å². The van der Waals surface area contributed by atoms with Crippen LogP contribution in [0.2, 0.25) is 0 Å². The molecule has 10 N–H and O–H groups in total. The van der Waals surface area contributed by atoms with E-state index in [1.54, 1.807) is 0 Å². The van der Waals surface area contributed by atoms with Gasteiger partial charge in [0.25, 0.3) is 0 Å². The van der Waals surface area contributed by atoms with Gasteiger partial charge in [-0.15, -0.1) is 0 Å². The Morgan fingerprint density at radius 2 is 1.04 bits per heavy atom. The minimum absolute atomic E-state index is 0.123. The van der Waals surface area contributed by atoms with E-state index in [2.05, 4.69) is 0 Å². The Labute approximate surface area is 148 Å². The fourth-order valence-corrected chi connectivity index (χ4v) is 5.12. The van der Waals surface area contributed by atoms with Crippen LogP contribution in [-0.2, 0) is 18.7 Å². The minimum atomic E-state index is -4.18. The molecule has 0 bridgehead atoms. The average molecular weight is 418 g/mol. The molecule has 2 fully saturated rings. The lowest BCUT2D eigenvalue weighted by Crippen LogP contribution is -2.45. The summed E-state index contributed by atoms with van der Waals surface area (Å²) in [5.41, 5.74) is 6.20. The van der Waals surface area contributed by atoms with Gasteiger partial charge in [-0.1, -0.05) is 0 Å². The lowest BCUT2D eigenvalue weighted by Gasteiger charge is -2.18. The maximum Gasteiger partial charge on any atom is 0.328 e. The highest BCUT2D eigenvalue weighted by atomic mass is 31.2. The van der Waals surface area contributed by atoms with Gasteiger partial charge in [-0.05, 0) is 38.5 Å². The van der Waals surface area contributed by atoms with Crippen LogP contribution >= 0.6 is 15.2 Å². The highest BCUT2D eigenvalue weighted by Gasteiger charge is 2.48. The summed E-state index contributed by atoms with van der Waals surface area (Å²) in [6, 6.07) is 0. The lowest BCUT2D eigenvalue weighted by atomic mass is 10.0. The van der Waals surface area contributed by atoms with Gasteiger partial charge in [0, 0.05) is 0 Å². The summed E-state index contributed by atoms with van der Waals surface area (Å²) >= 11 is 0. The maximum absolute atomic E-state index is 10.8. The molecular formula is C12H24N2O10P2. The van der Waals surface area contributed by atoms with Crippen molar-refractivity contribution < 1.29 is 48.5 Å². The van der Waals surface area contributed by atoms with Crippen LogP contribution in [0.25, 0.3) is 0 Å². The van der Waals surface area contributed by atoms with Crippen LogP contribution in [0.5, 0.6) is 0 Å². The zero-order valence-corrected chi connectivity index (χ0v) is 15.6. The van der Waals surface area contributed by atoms with Gasteiger partial charge in [0.05, 0.1) is 11.3 Å². The third kappa shape index (κ3) is 5.58. The van der Waals surface area contributed by atoms with E-state index in [1.165, 1.54) is 0 Å². The standard InChI is InChI=1S/2C6H12NO5P/c2*7-6(5(8)9)2-1-4(3-6)13(10,11)12/h2*4H,1-3,7H2,(H,8,9)(H2,10,11,12)/t2*4-,6+/m10/s1. The zero-order chi connectivity index (χ0) is 20.6. The summed E-state index contributed by atoms with van der Waals surface area (Å²) in [4.78, 5) is 56.4. The van der Waals surface area contributed by atoms with Gasteiger partial charge in [-0.3, -0.25) is 18.7 Å². The molecule has 2 rings (SSSR count). The molecule has 2 saturated carbocycles. The molecule has 12 nitrogen and oxygen atoms in total. The number of aliphatic carboxylic acids is 2. The highest BCUT2D eigenvalue weighted by molar-refractivity contribution is 7.52. The molecular weight excluding hydrogens is 394 g/mol. The number of carboxylic acid groups (broad SMARTS) is 2. The smallest absolute Gasteiger partial charge is 0.328 e. The molecule has 0 aromatic rings. The van der Waals surface area contributed by atoms with Crippen LogP contribution in [0.15, 0.2) is 0 Å². The molecule has 2 aliphatic rings. The number of nitrogens with two attached hydrogens (primary N) is 2. The van der Waals surface area contributed by atoms with Crippen molar-refractivity contribution in [1.29, 1.82) is 0 Å². The van der Waals surface area contributed by atoms with Crippen LogP contribution in [-0.4, -0.2) is 64.1 Å². The van der Waals surface area contributed by atoms with E-state index >= 15 is 0 Å². The number of carboxylic acids is 2. The maximum atomic E-state index is 10.8. The van der Waals surface area contributed by atoms with Gasteiger partial charge in [0.2, 0.25) is 0 Å². The van der Waals surface area contributed by atoms with Gasteiger partial charge < -0.3 is 41.3 Å². The second kappa shape index (κ2) is 7.65. The Morgan fingerprint density at radius 3 is 1.15 bits per heavy atom. The molecule has 0 amide bonds. The molecule has 4 atom stereocenters. The quantitative estimate of drug-likeness (QED) is 0.256. The largest absolute Gasteiger partial charge is 0.480 e. The normalized spacial score (nSPS) is 34.8. The topological polar surface area (TPSA) is 242 Å². The van der Waals surface area contributed by atoms with Gasteiger partial charge in [-0.2, -0.15) is 0 Å². The highest BCUT2D eigenvalue weighted by Crippen LogP contribution is 2.52. The summed E-state index contributed by atoms with van der Waals surface area (Å²) in [6.45, 7) is 0. The first-order valence-electron chi connectivity index (χ1n) is 7.66. The molecule has 0 aromatic heterocycles. The second-order valence-electron chi connectivity index (χ2n) is 6.89. The first kappa shape index (κ1) is 23.2. The summed E-state index contributed by atoms with van der Waals surface area (Å²) < 4.78 is 21.6. The molecule has 0 spiro atoms. The monoisotopic (exact) mass is 418 g/mol. The van der Waals surface area contributed by atoms with E-state index in [0.717, 1.165) is 0 Å². The van der Waals surface area contributed by atoms with Crippen LogP contribution in [0, 0.1) is 0 Å². The third-order valence-corrected chi connectivity index (χ3v) is 7.63. The van der Waals surface area contributed by atoms with Crippen LogP contribution in [0.3, 0.4) is 0 Å². The van der Waals surface area contributed by atoms with E-state index in [0.29, 0.717) is 0 Å². The molecule has 26 heavy (non-hydrogen) atoms. The predicted octanol–water partition coefficient (Wildman–Crippen LogP) is -1.00. The average Bonchev–Trinajstić information content (AvgIpc) is 3.04. The number of rotatable bonds is 4. The van der Waals surface area contributed by atoms with E-state index in [9.17, 15) is 18.7 Å². The Morgan fingerprint density at radius 1 is 0.769 bits per heavy atom. The van der Waals surface area contributed by atoms with Gasteiger partial charge in [-0.25, -0.2) is 0 Å². The fourth-order valence-electron chi connectivity index (χ4n) is 3.06. The molecule has 0 aromatic carbocycles. The second-order valence-corrected chi connectivity index (χ2v) is 10.7. The number of hydrogen-bond donors (Lipinski definition) is 8. The van der Waals surface area contributed by atoms with Crippen molar-refractivity contribution in [3.8, 4) is 0 Å². The Bertz CT molecular complexity index is 604. The zero-order valence-electron chi connectivity index (χ0n) is 13.8. The van der Waals surface area contributed by atoms with E-state index in [1.807, 2.05) is 0 Å². The van der Waals surface area contributed by atoms with E-state index < -0.39 is 49.5 Å². The molecule has 14 heteroatoms. The predicted molar refractivity (Wildman–Crippen MR) is 88.5 cm³/mol. The lowest BCUT2D eigenvalue weighted by molar-refractivity contribution is -0.143. The number of carbonyl (C=O) groups is 2. The molecule has 0 radical (unpaired) electrons. The number of hydrogen-bond acceptors (Lipinski definition) is 6. The SMILES string of the molecule is N[C@@]1(C(=O)O)CC[C@@H](P(=O)(O)O)C1.N[C@]1(C(=O)O)CC[C@H](P(=O)(O)O)C1. The van der Waals surface area contributed by atoms with Crippen molar-refractivity contribution in [2.45, 2.75) is 60.9 Å². The molecule has 0 unspecified atom stereocenters. The van der Waals surface area contributed by atoms with Crippen molar-refractivity contribution in [2.24, 2.45) is 11.5 Å². The van der Waals surface area contributed by atoms with E-state index in [-0.39, 0.29) is 38.5 Å². The van der Waals surface area contributed by atoms with Crippen molar-refractivity contribution in [3.63, 3.8) is 0 Å². The van der Waals surface area contributed by atoms with Gasteiger partial charge >= 0.3 is 27.1 Å². The third-order valence-electron chi connectivity index (χ3n) is 4.85. The van der Waals surface area contributed by atoms with Crippen molar-refractivity contribution in [1.82, 2.24) is 0 Å². The van der Waals surface area contributed by atoms with E-state index in [4.69, 9.17) is 41.3 Å². The van der Waals surface area contributed by atoms with Crippen LogP contribution in [0.1, 0.15) is 38.5 Å². The summed E-state index contributed by atoms with van der Waals surface area (Å²) in [5, 5.41) is 17.4. The fraction of sp³-hybridized carbons (Fsp3) is 0.833. The Kier molecular flexibility index (Phi) is 6.83. The first-order chi connectivity index (χ1) is 11.5. The summed E-state index contributed by atoms with van der Waals surface area (Å²) in [6.07, 6.45) is 0.301. The minimum Gasteiger partial charge on any atom is -0.480 e. The van der Waals surface area contributed by atoms with Crippen molar-refractivity contribution in [3.05, 3.63) is 0 Å². The molecule has 0 heterocycles. The molecule has 152 valence electrons. The molecule has 2 aliphatic carbocycles. The van der Waals surface area contributed by atoms with Crippen molar-refractivity contribution >= 4 is 27.1 Å². The van der Waals surface area contributed by atoms with Gasteiger partial charge in [0.15, 0.2) is 0 Å². The Balaban J connectivity index is 0.000000260. The Hall–Kier alpha value is -0.840. The molecule has 0 aliphatic heterocycles. The van der Waals surface area contributed by atoms with Gasteiger partial charge in [0.1, 0.15) is 11.1 Å².